The fourth-order valence-corrected chi connectivity index (χ4v) is 7.42. The van der Waals surface area contributed by atoms with Gasteiger partial charge in [-0.15, -0.1) is 0 Å². The lowest BCUT2D eigenvalue weighted by Gasteiger charge is -2.35. The number of aliphatic carboxylic acids is 1. The molecule has 3 fully saturated rings. The Bertz CT molecular complexity index is 954. The lowest BCUT2D eigenvalue weighted by atomic mass is 9.80. The number of piperidine rings is 1. The predicted octanol–water partition coefficient (Wildman–Crippen LogP) is 6.28. The summed E-state index contributed by atoms with van der Waals surface area (Å²) in [6.45, 7) is 5.17. The number of halogens is 1. The Morgan fingerprint density at radius 1 is 1.06 bits per heavy atom. The standard InChI is InChI=1S/C30H41FN2O2S/c31-27-9-7-22(8-10-27)3-1-4-23-11-14-32(15-12-23)18-26-19-33(20-28(26)25-13-16-36-21-25)29(30(34)35)17-24-5-2-6-24/h7-10,13,16,21,23-24,26,28-29H,1-6,11-12,14-15,17-20H2,(H,34,35)/t26-,28+,29+/m0/s1. The quantitative estimate of drug-likeness (QED) is 0.385. The zero-order valence-electron chi connectivity index (χ0n) is 21.4. The Morgan fingerprint density at radius 3 is 2.47 bits per heavy atom. The van der Waals surface area contributed by atoms with Gasteiger partial charge in [0.2, 0.25) is 0 Å². The van der Waals surface area contributed by atoms with Crippen LogP contribution in [-0.2, 0) is 11.2 Å². The van der Waals surface area contributed by atoms with Crippen molar-refractivity contribution in [3.05, 3.63) is 58.0 Å². The number of hydrogen-bond donors (Lipinski definition) is 1. The average Bonchev–Trinajstić information content (AvgIpc) is 3.51. The molecule has 0 amide bonds. The minimum Gasteiger partial charge on any atom is -0.480 e. The molecule has 0 spiro atoms. The van der Waals surface area contributed by atoms with E-state index in [0.717, 1.165) is 51.5 Å². The van der Waals surface area contributed by atoms with Crippen molar-refractivity contribution in [3.63, 3.8) is 0 Å². The Labute approximate surface area is 219 Å². The molecule has 4 nitrogen and oxygen atoms in total. The van der Waals surface area contributed by atoms with E-state index in [1.54, 1.807) is 23.5 Å². The van der Waals surface area contributed by atoms with Crippen molar-refractivity contribution in [2.24, 2.45) is 17.8 Å². The van der Waals surface area contributed by atoms with Gasteiger partial charge in [-0.25, -0.2) is 4.39 Å². The first-order chi connectivity index (χ1) is 17.5. The molecule has 1 aromatic carbocycles. The van der Waals surface area contributed by atoms with E-state index in [1.165, 1.54) is 56.1 Å². The van der Waals surface area contributed by atoms with Crippen LogP contribution in [0.3, 0.4) is 0 Å². The summed E-state index contributed by atoms with van der Waals surface area (Å²) in [7, 11) is 0. The van der Waals surface area contributed by atoms with E-state index in [4.69, 9.17) is 0 Å². The van der Waals surface area contributed by atoms with Gasteiger partial charge < -0.3 is 10.0 Å². The van der Waals surface area contributed by atoms with E-state index in [2.05, 4.69) is 26.6 Å². The average molecular weight is 513 g/mol. The van der Waals surface area contributed by atoms with E-state index in [0.29, 0.717) is 17.8 Å². The molecule has 2 saturated heterocycles. The second-order valence-corrected chi connectivity index (χ2v) is 12.3. The molecule has 36 heavy (non-hydrogen) atoms. The number of carboxylic acids is 1. The molecule has 0 unspecified atom stereocenters. The second-order valence-electron chi connectivity index (χ2n) is 11.5. The van der Waals surface area contributed by atoms with Gasteiger partial charge in [0.05, 0.1) is 0 Å². The molecule has 5 rings (SSSR count). The minimum absolute atomic E-state index is 0.158. The van der Waals surface area contributed by atoms with Crippen LogP contribution in [-0.4, -0.2) is 59.6 Å². The molecular formula is C30H41FN2O2S. The summed E-state index contributed by atoms with van der Waals surface area (Å²) in [6, 6.07) is 8.87. The van der Waals surface area contributed by atoms with Crippen molar-refractivity contribution in [2.45, 2.75) is 69.7 Å². The molecule has 3 atom stereocenters. The molecule has 196 valence electrons. The number of benzene rings is 1. The van der Waals surface area contributed by atoms with Gasteiger partial charge in [0.1, 0.15) is 11.9 Å². The van der Waals surface area contributed by atoms with E-state index >= 15 is 0 Å². The molecule has 1 N–H and O–H groups in total. The van der Waals surface area contributed by atoms with Crippen LogP contribution in [0.25, 0.3) is 0 Å². The molecule has 1 aliphatic carbocycles. The number of nitrogens with zero attached hydrogens (tertiary/aromatic N) is 2. The molecule has 0 radical (unpaired) electrons. The third-order valence-corrected chi connectivity index (χ3v) is 9.84. The number of hydrogen-bond acceptors (Lipinski definition) is 4. The number of rotatable bonds is 11. The molecule has 3 heterocycles. The normalized spacial score (nSPS) is 25.1. The summed E-state index contributed by atoms with van der Waals surface area (Å²) in [5.74, 6) is 1.54. The van der Waals surface area contributed by atoms with Crippen molar-refractivity contribution in [1.29, 1.82) is 0 Å². The molecule has 2 aromatic rings. The maximum absolute atomic E-state index is 13.1. The third kappa shape index (κ3) is 6.56. The van der Waals surface area contributed by atoms with Crippen LogP contribution in [0.5, 0.6) is 0 Å². The summed E-state index contributed by atoms with van der Waals surface area (Å²) in [6.07, 6.45) is 10.5. The zero-order chi connectivity index (χ0) is 24.9. The first-order valence-corrected chi connectivity index (χ1v) is 14.9. The summed E-state index contributed by atoms with van der Waals surface area (Å²) in [5, 5.41) is 14.5. The largest absolute Gasteiger partial charge is 0.480 e. The lowest BCUT2D eigenvalue weighted by Crippen LogP contribution is -2.43. The molecule has 2 aliphatic heterocycles. The first-order valence-electron chi connectivity index (χ1n) is 14.0. The van der Waals surface area contributed by atoms with E-state index in [9.17, 15) is 14.3 Å². The van der Waals surface area contributed by atoms with Crippen molar-refractivity contribution in [1.82, 2.24) is 9.80 Å². The monoisotopic (exact) mass is 512 g/mol. The Balaban J connectivity index is 1.12. The Hall–Kier alpha value is -1.76. The van der Waals surface area contributed by atoms with Gasteiger partial charge in [-0.1, -0.05) is 37.8 Å². The molecule has 1 saturated carbocycles. The first kappa shape index (κ1) is 25.9. The third-order valence-electron chi connectivity index (χ3n) is 9.14. The van der Waals surface area contributed by atoms with Crippen LogP contribution >= 0.6 is 11.3 Å². The van der Waals surface area contributed by atoms with Crippen molar-refractivity contribution in [3.8, 4) is 0 Å². The maximum atomic E-state index is 13.1. The van der Waals surface area contributed by atoms with Crippen molar-refractivity contribution < 1.29 is 14.3 Å². The summed E-state index contributed by atoms with van der Waals surface area (Å²) in [4.78, 5) is 17.2. The number of carbonyl (C=O) groups is 1. The zero-order valence-corrected chi connectivity index (χ0v) is 22.2. The van der Waals surface area contributed by atoms with Crippen LogP contribution in [0.1, 0.15) is 68.4 Å². The van der Waals surface area contributed by atoms with Crippen LogP contribution in [0.4, 0.5) is 4.39 Å². The predicted molar refractivity (Wildman–Crippen MR) is 144 cm³/mol. The van der Waals surface area contributed by atoms with Crippen LogP contribution in [0, 0.1) is 23.6 Å². The highest BCUT2D eigenvalue weighted by molar-refractivity contribution is 7.08. The van der Waals surface area contributed by atoms with Gasteiger partial charge >= 0.3 is 5.97 Å². The summed E-state index contributed by atoms with van der Waals surface area (Å²) in [5.41, 5.74) is 2.63. The van der Waals surface area contributed by atoms with Crippen molar-refractivity contribution in [2.75, 3.05) is 32.7 Å². The van der Waals surface area contributed by atoms with Crippen LogP contribution in [0.2, 0.25) is 0 Å². The fraction of sp³-hybridized carbons (Fsp3) is 0.633. The smallest absolute Gasteiger partial charge is 0.320 e. The van der Waals surface area contributed by atoms with Gasteiger partial charge in [0, 0.05) is 25.6 Å². The second kappa shape index (κ2) is 12.2. The van der Waals surface area contributed by atoms with E-state index in [-0.39, 0.29) is 11.9 Å². The van der Waals surface area contributed by atoms with Crippen LogP contribution < -0.4 is 0 Å². The fourth-order valence-electron chi connectivity index (χ4n) is 6.69. The Morgan fingerprint density at radius 2 is 1.83 bits per heavy atom. The number of thiophene rings is 1. The lowest BCUT2D eigenvalue weighted by molar-refractivity contribution is -0.144. The highest BCUT2D eigenvalue weighted by atomic mass is 32.1. The molecule has 3 aliphatic rings. The van der Waals surface area contributed by atoms with E-state index in [1.807, 2.05) is 12.1 Å². The van der Waals surface area contributed by atoms with Gasteiger partial charge in [0.15, 0.2) is 0 Å². The highest BCUT2D eigenvalue weighted by Gasteiger charge is 2.41. The van der Waals surface area contributed by atoms with Gasteiger partial charge in [0.25, 0.3) is 0 Å². The van der Waals surface area contributed by atoms with Crippen molar-refractivity contribution >= 4 is 17.3 Å². The number of likely N-dealkylation sites (tertiary alicyclic amines) is 2. The Kier molecular flexibility index (Phi) is 8.76. The molecular weight excluding hydrogens is 471 g/mol. The topological polar surface area (TPSA) is 43.8 Å². The highest BCUT2D eigenvalue weighted by Crippen LogP contribution is 2.39. The summed E-state index contributed by atoms with van der Waals surface area (Å²) < 4.78 is 13.1. The van der Waals surface area contributed by atoms with Gasteiger partial charge in [-0.3, -0.25) is 9.69 Å². The summed E-state index contributed by atoms with van der Waals surface area (Å²) >= 11 is 1.75. The number of carboxylic acid groups (broad SMARTS) is 1. The van der Waals surface area contributed by atoms with Gasteiger partial charge in [-0.2, -0.15) is 11.3 Å². The van der Waals surface area contributed by atoms with Gasteiger partial charge in [-0.05, 0) is 103 Å². The molecule has 1 aromatic heterocycles. The molecule has 0 bridgehead atoms. The number of aryl methyl sites for hydroxylation is 1. The maximum Gasteiger partial charge on any atom is 0.320 e. The van der Waals surface area contributed by atoms with Crippen LogP contribution in [0.15, 0.2) is 41.1 Å². The minimum atomic E-state index is -0.631. The van der Waals surface area contributed by atoms with E-state index < -0.39 is 5.97 Å². The SMILES string of the molecule is O=C(O)[C@@H](CC1CCC1)N1C[C@H](CN2CCC(CCCc3ccc(F)cc3)CC2)[C@@H](c2ccsc2)C1. The molecule has 6 heteroatoms.